The van der Waals surface area contributed by atoms with Crippen LogP contribution in [0.4, 0.5) is 0 Å². The average Bonchev–Trinajstić information content (AvgIpc) is 2.59. The number of hydrogen-bond acceptors (Lipinski definition) is 2. The fraction of sp³-hybridized carbons (Fsp3) is 0.429. The molecule has 1 aromatic rings. The van der Waals surface area contributed by atoms with Crippen LogP contribution in [0.2, 0.25) is 5.02 Å². The number of thioether (sulfide) groups is 1. The van der Waals surface area contributed by atoms with Gasteiger partial charge in [0.1, 0.15) is 4.75 Å². The zero-order chi connectivity index (χ0) is 13.3. The lowest BCUT2D eigenvalue weighted by Gasteiger charge is -2.24. The van der Waals surface area contributed by atoms with Crippen LogP contribution in [0.25, 0.3) is 0 Å². The summed E-state index contributed by atoms with van der Waals surface area (Å²) >= 11 is 7.70. The van der Waals surface area contributed by atoms with Gasteiger partial charge in [0, 0.05) is 11.4 Å². The maximum Gasteiger partial charge on any atom is 0.263 e. The van der Waals surface area contributed by atoms with Crippen molar-refractivity contribution in [2.75, 3.05) is 0 Å². The summed E-state index contributed by atoms with van der Waals surface area (Å²) < 4.78 is -0.420. The quantitative estimate of drug-likeness (QED) is 0.839. The van der Waals surface area contributed by atoms with Crippen LogP contribution < -0.4 is 0 Å². The summed E-state index contributed by atoms with van der Waals surface area (Å²) in [4.78, 5) is 16.2. The largest absolute Gasteiger partial charge is 0.271 e. The highest BCUT2D eigenvalue weighted by molar-refractivity contribution is 8.16. The molecule has 0 aromatic heterocycles. The van der Waals surface area contributed by atoms with E-state index in [0.29, 0.717) is 6.42 Å². The van der Waals surface area contributed by atoms with Gasteiger partial charge in [-0.3, -0.25) is 4.79 Å². The highest BCUT2D eigenvalue weighted by atomic mass is 35.5. The summed E-state index contributed by atoms with van der Waals surface area (Å²) in [6, 6.07) is 7.69. The van der Waals surface area contributed by atoms with Gasteiger partial charge >= 0.3 is 0 Å². The summed E-state index contributed by atoms with van der Waals surface area (Å²) in [5, 5.41) is 1.59. The first-order valence-electron chi connectivity index (χ1n) is 5.98. The van der Waals surface area contributed by atoms with Crippen LogP contribution in [0.3, 0.4) is 0 Å². The van der Waals surface area contributed by atoms with Crippen molar-refractivity contribution >= 4 is 34.3 Å². The van der Waals surface area contributed by atoms with Gasteiger partial charge in [0.15, 0.2) is 0 Å². The van der Waals surface area contributed by atoms with Crippen molar-refractivity contribution in [3.8, 4) is 0 Å². The maximum absolute atomic E-state index is 12.0. The molecule has 1 unspecified atom stereocenters. The minimum absolute atomic E-state index is 0.0236. The third-order valence-corrected chi connectivity index (χ3v) is 5.29. The lowest BCUT2D eigenvalue weighted by atomic mass is 9.96. The molecule has 1 aliphatic heterocycles. The molecule has 96 valence electrons. The molecule has 0 aliphatic carbocycles. The lowest BCUT2D eigenvalue weighted by Crippen LogP contribution is -2.33. The smallest absolute Gasteiger partial charge is 0.263 e. The first kappa shape index (κ1) is 13.6. The Balaban J connectivity index is 2.17. The number of rotatable bonds is 3. The molecule has 0 saturated carbocycles. The van der Waals surface area contributed by atoms with E-state index in [2.05, 4.69) is 18.8 Å². The van der Waals surface area contributed by atoms with Crippen LogP contribution in [0.1, 0.15) is 26.3 Å². The number of aliphatic imine (C=N–C) groups is 1. The van der Waals surface area contributed by atoms with Crippen molar-refractivity contribution in [3.05, 3.63) is 34.9 Å². The van der Waals surface area contributed by atoms with Crippen molar-refractivity contribution < 1.29 is 4.79 Å². The van der Waals surface area contributed by atoms with Crippen LogP contribution in [0, 0.1) is 5.92 Å². The normalized spacial score (nSPS) is 23.6. The van der Waals surface area contributed by atoms with Gasteiger partial charge in [0.05, 0.1) is 5.04 Å². The molecule has 0 spiro atoms. The molecule has 0 radical (unpaired) electrons. The van der Waals surface area contributed by atoms with Gasteiger partial charge in [-0.1, -0.05) is 55.4 Å². The van der Waals surface area contributed by atoms with Gasteiger partial charge in [0.2, 0.25) is 0 Å². The number of carbonyl (C=O) groups excluding carboxylic acids is 1. The van der Waals surface area contributed by atoms with Gasteiger partial charge < -0.3 is 0 Å². The molecule has 1 amide bonds. The van der Waals surface area contributed by atoms with E-state index < -0.39 is 4.75 Å². The minimum atomic E-state index is -0.420. The van der Waals surface area contributed by atoms with E-state index in [4.69, 9.17) is 11.6 Å². The van der Waals surface area contributed by atoms with Gasteiger partial charge in [0.25, 0.3) is 5.91 Å². The number of carbonyl (C=O) groups is 1. The maximum atomic E-state index is 12.0. The monoisotopic (exact) mass is 281 g/mol. The molecule has 1 atom stereocenters. The molecule has 0 N–H and O–H groups in total. The molecular weight excluding hydrogens is 266 g/mol. The predicted molar refractivity (Wildman–Crippen MR) is 78.4 cm³/mol. The highest BCUT2D eigenvalue weighted by Crippen LogP contribution is 2.41. The third kappa shape index (κ3) is 2.47. The van der Waals surface area contributed by atoms with E-state index in [-0.39, 0.29) is 11.8 Å². The first-order chi connectivity index (χ1) is 8.43. The highest BCUT2D eigenvalue weighted by Gasteiger charge is 2.43. The number of amides is 1. The molecule has 1 aromatic carbocycles. The summed E-state index contributed by atoms with van der Waals surface area (Å²) in [6.07, 6.45) is 0.637. The molecule has 4 heteroatoms. The first-order valence-corrected chi connectivity index (χ1v) is 7.17. The van der Waals surface area contributed by atoms with Crippen molar-refractivity contribution in [2.24, 2.45) is 10.9 Å². The molecule has 0 fully saturated rings. The number of nitrogens with zero attached hydrogens (tertiary/aromatic N) is 1. The molecule has 1 heterocycles. The Bertz CT molecular complexity index is 512. The Morgan fingerprint density at radius 1 is 1.39 bits per heavy atom. The second kappa shape index (κ2) is 5.06. The minimum Gasteiger partial charge on any atom is -0.271 e. The lowest BCUT2D eigenvalue weighted by molar-refractivity contribution is -0.120. The Hall–Kier alpha value is -0.800. The van der Waals surface area contributed by atoms with Crippen molar-refractivity contribution in [1.82, 2.24) is 0 Å². The van der Waals surface area contributed by atoms with E-state index in [9.17, 15) is 4.79 Å². The van der Waals surface area contributed by atoms with Crippen molar-refractivity contribution in [2.45, 2.75) is 31.9 Å². The fourth-order valence-corrected chi connectivity index (χ4v) is 3.20. The van der Waals surface area contributed by atoms with Crippen LogP contribution in [-0.4, -0.2) is 15.7 Å². The molecule has 0 bridgehead atoms. The Kier molecular flexibility index (Phi) is 3.83. The van der Waals surface area contributed by atoms with Crippen LogP contribution in [-0.2, 0) is 11.2 Å². The van der Waals surface area contributed by atoms with Crippen molar-refractivity contribution in [3.63, 3.8) is 0 Å². The van der Waals surface area contributed by atoms with E-state index in [1.807, 2.05) is 31.2 Å². The summed E-state index contributed by atoms with van der Waals surface area (Å²) in [6.45, 7) is 6.07. The van der Waals surface area contributed by atoms with E-state index in [0.717, 1.165) is 15.6 Å². The molecular formula is C14H16ClNOS. The zero-order valence-electron chi connectivity index (χ0n) is 10.7. The molecule has 1 aliphatic rings. The predicted octanol–water partition coefficient (Wildman–Crippen LogP) is 3.97. The number of benzene rings is 1. The SMILES string of the molecule is CC(C)C1(C)SC(Cc2ccccc2Cl)=NC1=O. The Morgan fingerprint density at radius 3 is 2.61 bits per heavy atom. The standard InChI is InChI=1S/C14H16ClNOS/c1-9(2)14(3)13(17)16-12(18-14)8-10-6-4-5-7-11(10)15/h4-7,9H,8H2,1-3H3. The number of halogens is 1. The molecule has 2 rings (SSSR count). The summed E-state index contributed by atoms with van der Waals surface area (Å²) in [7, 11) is 0. The molecule has 0 saturated heterocycles. The van der Waals surface area contributed by atoms with Gasteiger partial charge in [-0.2, -0.15) is 0 Å². The summed E-state index contributed by atoms with van der Waals surface area (Å²) in [5.41, 5.74) is 1.02. The Morgan fingerprint density at radius 2 is 2.06 bits per heavy atom. The number of hydrogen-bond donors (Lipinski definition) is 0. The average molecular weight is 282 g/mol. The van der Waals surface area contributed by atoms with E-state index in [1.54, 1.807) is 11.8 Å². The van der Waals surface area contributed by atoms with Crippen LogP contribution in [0.5, 0.6) is 0 Å². The third-order valence-electron chi connectivity index (χ3n) is 3.38. The topological polar surface area (TPSA) is 29.4 Å². The second-order valence-corrected chi connectivity index (χ2v) is 6.87. The van der Waals surface area contributed by atoms with Gasteiger partial charge in [-0.05, 0) is 24.5 Å². The van der Waals surface area contributed by atoms with Crippen LogP contribution >= 0.6 is 23.4 Å². The van der Waals surface area contributed by atoms with Crippen molar-refractivity contribution in [1.29, 1.82) is 0 Å². The molecule has 2 nitrogen and oxygen atoms in total. The van der Waals surface area contributed by atoms with Gasteiger partial charge in [-0.15, -0.1) is 0 Å². The van der Waals surface area contributed by atoms with Crippen LogP contribution in [0.15, 0.2) is 29.3 Å². The fourth-order valence-electron chi connectivity index (χ4n) is 1.78. The summed E-state index contributed by atoms with van der Waals surface area (Å²) in [5.74, 6) is 0.243. The van der Waals surface area contributed by atoms with E-state index in [1.165, 1.54) is 0 Å². The Labute approximate surface area is 117 Å². The molecule has 18 heavy (non-hydrogen) atoms. The van der Waals surface area contributed by atoms with E-state index >= 15 is 0 Å². The zero-order valence-corrected chi connectivity index (χ0v) is 12.3. The second-order valence-electron chi connectivity index (χ2n) is 4.94. The van der Waals surface area contributed by atoms with Gasteiger partial charge in [-0.25, -0.2) is 4.99 Å².